The lowest BCUT2D eigenvalue weighted by atomic mass is 10.1. The Labute approximate surface area is 111 Å². The van der Waals surface area contributed by atoms with E-state index in [-0.39, 0.29) is 13.2 Å². The van der Waals surface area contributed by atoms with Gasteiger partial charge in [0.1, 0.15) is 11.4 Å². The normalized spacial score (nSPS) is 13.8. The minimum atomic E-state index is -1.22. The van der Waals surface area contributed by atoms with Gasteiger partial charge in [0.15, 0.2) is 0 Å². The monoisotopic (exact) mass is 257 g/mol. The first-order valence-electron chi connectivity index (χ1n) is 5.93. The summed E-state index contributed by atoms with van der Waals surface area (Å²) in [7, 11) is 0. The molecule has 2 rings (SSSR count). The van der Waals surface area contributed by atoms with E-state index in [4.69, 9.17) is 10.4 Å². The highest BCUT2D eigenvalue weighted by atomic mass is 16.3. The Morgan fingerprint density at radius 2 is 2.16 bits per heavy atom. The van der Waals surface area contributed by atoms with Gasteiger partial charge in [-0.3, -0.25) is 0 Å². The van der Waals surface area contributed by atoms with Gasteiger partial charge in [0.2, 0.25) is 0 Å². The molecule has 2 aromatic rings. The summed E-state index contributed by atoms with van der Waals surface area (Å²) in [5.41, 5.74) is 0.0181. The van der Waals surface area contributed by atoms with E-state index in [9.17, 15) is 5.11 Å². The molecular formula is C14H15N3O2. The van der Waals surface area contributed by atoms with Crippen molar-refractivity contribution in [1.29, 1.82) is 5.26 Å². The van der Waals surface area contributed by atoms with Crippen LogP contribution in [0.4, 0.5) is 5.82 Å². The van der Waals surface area contributed by atoms with Crippen LogP contribution in [-0.4, -0.2) is 33.9 Å². The first-order chi connectivity index (χ1) is 9.05. The number of para-hydroxylation sites is 1. The Bertz CT molecular complexity index is 632. The standard InChI is InChI=1S/C14H15N3O2/c1-14(19,9-18)8-16-13-6-10(7-15)11-4-2-3-5-12(11)17-13/h2-6,18-19H,8-9H2,1H3,(H,16,17). The predicted molar refractivity (Wildman–Crippen MR) is 72.7 cm³/mol. The molecule has 0 fully saturated rings. The smallest absolute Gasteiger partial charge is 0.128 e. The van der Waals surface area contributed by atoms with E-state index in [1.165, 1.54) is 6.92 Å². The Hall–Kier alpha value is -2.16. The van der Waals surface area contributed by atoms with Gasteiger partial charge in [0.25, 0.3) is 0 Å². The van der Waals surface area contributed by atoms with Crippen LogP contribution in [0.1, 0.15) is 12.5 Å². The van der Waals surface area contributed by atoms with Crippen LogP contribution in [-0.2, 0) is 0 Å². The van der Waals surface area contributed by atoms with Gasteiger partial charge in [-0.15, -0.1) is 0 Å². The van der Waals surface area contributed by atoms with Crippen molar-refractivity contribution in [2.24, 2.45) is 0 Å². The molecule has 1 aromatic carbocycles. The quantitative estimate of drug-likeness (QED) is 0.767. The van der Waals surface area contributed by atoms with Gasteiger partial charge in [-0.25, -0.2) is 4.98 Å². The average molecular weight is 257 g/mol. The molecule has 0 aliphatic rings. The first kappa shape index (κ1) is 13.3. The average Bonchev–Trinajstić information content (AvgIpc) is 2.44. The molecule has 0 aliphatic heterocycles. The molecule has 1 aromatic heterocycles. The van der Waals surface area contributed by atoms with Gasteiger partial charge in [-0.2, -0.15) is 5.26 Å². The van der Waals surface area contributed by atoms with E-state index in [0.717, 1.165) is 5.39 Å². The second-order valence-corrected chi connectivity index (χ2v) is 4.69. The number of anilines is 1. The lowest BCUT2D eigenvalue weighted by Crippen LogP contribution is -2.37. The van der Waals surface area contributed by atoms with Crippen molar-refractivity contribution in [2.75, 3.05) is 18.5 Å². The zero-order chi connectivity index (χ0) is 13.9. The summed E-state index contributed by atoms with van der Waals surface area (Å²) in [4.78, 5) is 4.37. The maximum Gasteiger partial charge on any atom is 0.128 e. The van der Waals surface area contributed by atoms with E-state index in [1.54, 1.807) is 6.07 Å². The highest BCUT2D eigenvalue weighted by molar-refractivity contribution is 5.86. The van der Waals surface area contributed by atoms with E-state index in [1.807, 2.05) is 24.3 Å². The third kappa shape index (κ3) is 2.99. The van der Waals surface area contributed by atoms with E-state index >= 15 is 0 Å². The molecule has 5 heteroatoms. The number of pyridine rings is 1. The van der Waals surface area contributed by atoms with Gasteiger partial charge in [-0.05, 0) is 19.1 Å². The fourth-order valence-corrected chi connectivity index (χ4v) is 1.70. The van der Waals surface area contributed by atoms with Crippen LogP contribution in [0.5, 0.6) is 0 Å². The highest BCUT2D eigenvalue weighted by Gasteiger charge is 2.18. The molecule has 98 valence electrons. The molecule has 0 amide bonds. The molecule has 0 radical (unpaired) electrons. The van der Waals surface area contributed by atoms with Crippen molar-refractivity contribution in [3.63, 3.8) is 0 Å². The number of aliphatic hydroxyl groups excluding tert-OH is 1. The third-order valence-corrected chi connectivity index (χ3v) is 2.83. The largest absolute Gasteiger partial charge is 0.393 e. The number of aromatic nitrogens is 1. The number of rotatable bonds is 4. The lowest BCUT2D eigenvalue weighted by Gasteiger charge is -2.21. The Balaban J connectivity index is 2.33. The molecule has 1 heterocycles. The van der Waals surface area contributed by atoms with Gasteiger partial charge < -0.3 is 15.5 Å². The summed E-state index contributed by atoms with van der Waals surface area (Å²) in [5.74, 6) is 0.504. The predicted octanol–water partition coefficient (Wildman–Crippen LogP) is 1.26. The molecule has 0 saturated heterocycles. The number of aliphatic hydroxyl groups is 2. The van der Waals surface area contributed by atoms with E-state index < -0.39 is 5.60 Å². The summed E-state index contributed by atoms with van der Waals surface area (Å²) in [6, 6.07) is 11.1. The number of fused-ring (bicyclic) bond motifs is 1. The van der Waals surface area contributed by atoms with Crippen molar-refractivity contribution in [2.45, 2.75) is 12.5 Å². The maximum atomic E-state index is 9.72. The third-order valence-electron chi connectivity index (χ3n) is 2.83. The zero-order valence-corrected chi connectivity index (χ0v) is 10.6. The zero-order valence-electron chi connectivity index (χ0n) is 10.6. The Kier molecular flexibility index (Phi) is 3.65. The van der Waals surface area contributed by atoms with Crippen LogP contribution in [0.2, 0.25) is 0 Å². The molecular weight excluding hydrogens is 242 g/mol. The minimum Gasteiger partial charge on any atom is -0.393 e. The summed E-state index contributed by atoms with van der Waals surface area (Å²) in [5, 5.41) is 31.6. The van der Waals surface area contributed by atoms with Crippen LogP contribution in [0, 0.1) is 11.3 Å². The minimum absolute atomic E-state index is 0.152. The van der Waals surface area contributed by atoms with Crippen LogP contribution < -0.4 is 5.32 Å². The molecule has 0 saturated carbocycles. The number of hydrogen-bond donors (Lipinski definition) is 3. The van der Waals surface area contributed by atoms with Crippen LogP contribution in [0.15, 0.2) is 30.3 Å². The molecule has 3 N–H and O–H groups in total. The van der Waals surface area contributed by atoms with Crippen LogP contribution >= 0.6 is 0 Å². The number of nitrogens with zero attached hydrogens (tertiary/aromatic N) is 2. The molecule has 1 atom stereocenters. The fourth-order valence-electron chi connectivity index (χ4n) is 1.70. The van der Waals surface area contributed by atoms with Gasteiger partial charge in [0, 0.05) is 11.9 Å². The molecule has 19 heavy (non-hydrogen) atoms. The Morgan fingerprint density at radius 1 is 1.42 bits per heavy atom. The van der Waals surface area contributed by atoms with Crippen molar-refractivity contribution in [1.82, 2.24) is 4.98 Å². The fraction of sp³-hybridized carbons (Fsp3) is 0.286. The second-order valence-electron chi connectivity index (χ2n) is 4.69. The van der Waals surface area contributed by atoms with Crippen molar-refractivity contribution >= 4 is 16.7 Å². The van der Waals surface area contributed by atoms with Gasteiger partial charge >= 0.3 is 0 Å². The summed E-state index contributed by atoms with van der Waals surface area (Å²) >= 11 is 0. The lowest BCUT2D eigenvalue weighted by molar-refractivity contribution is 0.0132. The van der Waals surface area contributed by atoms with Gasteiger partial charge in [0.05, 0.1) is 23.8 Å². The summed E-state index contributed by atoms with van der Waals surface area (Å²) in [6.07, 6.45) is 0. The van der Waals surface area contributed by atoms with Crippen molar-refractivity contribution in [3.8, 4) is 6.07 Å². The summed E-state index contributed by atoms with van der Waals surface area (Å²) < 4.78 is 0. The Morgan fingerprint density at radius 3 is 2.84 bits per heavy atom. The number of benzene rings is 1. The first-order valence-corrected chi connectivity index (χ1v) is 5.93. The second kappa shape index (κ2) is 5.22. The van der Waals surface area contributed by atoms with Crippen molar-refractivity contribution in [3.05, 3.63) is 35.9 Å². The maximum absolute atomic E-state index is 9.72. The molecule has 1 unspecified atom stereocenters. The topological polar surface area (TPSA) is 89.2 Å². The van der Waals surface area contributed by atoms with E-state index in [0.29, 0.717) is 16.9 Å². The summed E-state index contributed by atoms with van der Waals surface area (Å²) in [6.45, 7) is 1.32. The van der Waals surface area contributed by atoms with Crippen molar-refractivity contribution < 1.29 is 10.2 Å². The number of nitrogens with one attached hydrogen (secondary N) is 1. The highest BCUT2D eigenvalue weighted by Crippen LogP contribution is 2.20. The molecule has 0 aliphatic carbocycles. The number of hydrogen-bond acceptors (Lipinski definition) is 5. The number of nitriles is 1. The van der Waals surface area contributed by atoms with Gasteiger partial charge in [-0.1, -0.05) is 18.2 Å². The van der Waals surface area contributed by atoms with Crippen LogP contribution in [0.25, 0.3) is 10.9 Å². The SMILES string of the molecule is CC(O)(CO)CNc1cc(C#N)c2ccccc2n1. The molecule has 0 spiro atoms. The van der Waals surface area contributed by atoms with Crippen LogP contribution in [0.3, 0.4) is 0 Å². The molecule has 5 nitrogen and oxygen atoms in total. The molecule has 0 bridgehead atoms. The van der Waals surface area contributed by atoms with E-state index in [2.05, 4.69) is 16.4 Å².